The second-order valence-electron chi connectivity index (χ2n) is 3.25. The zero-order valence-corrected chi connectivity index (χ0v) is 8.73. The average molecular weight is 186 g/mol. The summed E-state index contributed by atoms with van der Waals surface area (Å²) in [6.45, 7) is 2.06. The van der Waals surface area contributed by atoms with E-state index in [2.05, 4.69) is 18.2 Å². The minimum Gasteiger partial charge on any atom is -0.387 e. The number of aliphatic imine (C=N–C) groups is 1. The van der Waals surface area contributed by atoms with Crippen molar-refractivity contribution in [2.24, 2.45) is 10.7 Å². The second-order valence-corrected chi connectivity index (χ2v) is 4.32. The van der Waals surface area contributed by atoms with Gasteiger partial charge in [-0.15, -0.1) is 0 Å². The first-order valence-electron chi connectivity index (χ1n) is 4.62. The van der Waals surface area contributed by atoms with Crippen LogP contribution >= 0.6 is 11.8 Å². The highest BCUT2D eigenvalue weighted by molar-refractivity contribution is 7.99. The monoisotopic (exact) mass is 186 g/mol. The Morgan fingerprint density at radius 2 is 2.33 bits per heavy atom. The van der Waals surface area contributed by atoms with Gasteiger partial charge in [-0.05, 0) is 19.1 Å². The number of nitrogens with two attached hydrogens (primary N) is 1. The van der Waals surface area contributed by atoms with Crippen molar-refractivity contribution in [3.05, 3.63) is 0 Å². The fourth-order valence-corrected chi connectivity index (χ4v) is 2.55. The largest absolute Gasteiger partial charge is 0.387 e. The van der Waals surface area contributed by atoms with Crippen LogP contribution in [0.3, 0.4) is 0 Å². The molecule has 0 amide bonds. The summed E-state index contributed by atoms with van der Waals surface area (Å²) in [4.78, 5) is 4.52. The van der Waals surface area contributed by atoms with E-state index in [0.29, 0.717) is 6.04 Å². The molecule has 0 aromatic heterocycles. The Morgan fingerprint density at radius 1 is 1.58 bits per heavy atom. The molecule has 3 heteroatoms. The molecule has 0 aromatic carbocycles. The van der Waals surface area contributed by atoms with Crippen LogP contribution in [-0.4, -0.2) is 23.4 Å². The van der Waals surface area contributed by atoms with Gasteiger partial charge < -0.3 is 5.73 Å². The van der Waals surface area contributed by atoms with Gasteiger partial charge in [-0.3, -0.25) is 4.99 Å². The second kappa shape index (κ2) is 4.75. The van der Waals surface area contributed by atoms with Crippen LogP contribution < -0.4 is 5.73 Å². The Balaban J connectivity index is 2.50. The topological polar surface area (TPSA) is 38.4 Å². The summed E-state index contributed by atoms with van der Waals surface area (Å²) < 4.78 is 0. The fourth-order valence-electron chi connectivity index (χ4n) is 1.63. The highest BCUT2D eigenvalue weighted by Gasteiger charge is 2.25. The first-order valence-corrected chi connectivity index (χ1v) is 5.91. The summed E-state index contributed by atoms with van der Waals surface area (Å²) in [6.07, 6.45) is 6.91. The molecule has 0 spiro atoms. The van der Waals surface area contributed by atoms with Crippen molar-refractivity contribution in [2.45, 2.75) is 43.9 Å². The van der Waals surface area contributed by atoms with E-state index in [9.17, 15) is 0 Å². The van der Waals surface area contributed by atoms with E-state index in [1.165, 1.54) is 19.3 Å². The van der Waals surface area contributed by atoms with E-state index in [1.807, 2.05) is 11.8 Å². The third-order valence-corrected chi connectivity index (χ3v) is 3.57. The molecular formula is C9H18N2S. The quantitative estimate of drug-likeness (QED) is 0.541. The van der Waals surface area contributed by atoms with Crippen LogP contribution in [0.25, 0.3) is 0 Å². The first kappa shape index (κ1) is 9.90. The molecule has 1 saturated carbocycles. The Bertz CT molecular complexity index is 168. The Kier molecular flexibility index (Phi) is 3.92. The van der Waals surface area contributed by atoms with Gasteiger partial charge in [0.2, 0.25) is 0 Å². The predicted molar refractivity (Wildman–Crippen MR) is 56.9 cm³/mol. The molecule has 1 fully saturated rings. The zero-order chi connectivity index (χ0) is 8.97. The van der Waals surface area contributed by atoms with E-state index in [4.69, 9.17) is 5.73 Å². The maximum absolute atomic E-state index is 5.71. The van der Waals surface area contributed by atoms with Gasteiger partial charge in [0.25, 0.3) is 0 Å². The number of rotatable bonds is 3. The third-order valence-electron chi connectivity index (χ3n) is 2.41. The highest BCUT2D eigenvalue weighted by atomic mass is 32.2. The van der Waals surface area contributed by atoms with Crippen molar-refractivity contribution >= 4 is 17.6 Å². The zero-order valence-electron chi connectivity index (χ0n) is 7.92. The minimum atomic E-state index is 0.500. The summed E-state index contributed by atoms with van der Waals surface area (Å²) in [5.41, 5.74) is 5.71. The van der Waals surface area contributed by atoms with Crippen molar-refractivity contribution < 1.29 is 0 Å². The summed E-state index contributed by atoms with van der Waals surface area (Å²) in [5.74, 6) is 0.820. The van der Waals surface area contributed by atoms with Crippen molar-refractivity contribution in [3.8, 4) is 0 Å². The smallest absolute Gasteiger partial charge is 0.0938 e. The molecule has 2 atom stereocenters. The van der Waals surface area contributed by atoms with E-state index in [0.717, 1.165) is 17.5 Å². The van der Waals surface area contributed by atoms with Crippen molar-refractivity contribution in [1.29, 1.82) is 0 Å². The molecule has 2 nitrogen and oxygen atoms in total. The summed E-state index contributed by atoms with van der Waals surface area (Å²) in [6, 6.07) is 0.500. The van der Waals surface area contributed by atoms with Crippen LogP contribution in [0.5, 0.6) is 0 Å². The Labute approximate surface area is 79.0 Å². The average Bonchev–Trinajstić information content (AvgIpc) is 2.51. The standard InChI is InChI=1S/C9H18N2S/c1-3-9(10)11-7-5-4-6-8(7)12-2/h7-8H,3-6H2,1-2H3,(H2,10,11). The van der Waals surface area contributed by atoms with E-state index in [-0.39, 0.29) is 0 Å². The normalized spacial score (nSPS) is 31.0. The molecule has 12 heavy (non-hydrogen) atoms. The molecule has 2 N–H and O–H groups in total. The van der Waals surface area contributed by atoms with Gasteiger partial charge in [0.15, 0.2) is 0 Å². The molecule has 0 radical (unpaired) electrons. The summed E-state index contributed by atoms with van der Waals surface area (Å²) >= 11 is 1.93. The molecule has 70 valence electrons. The van der Waals surface area contributed by atoms with Crippen molar-refractivity contribution in [2.75, 3.05) is 6.26 Å². The van der Waals surface area contributed by atoms with Gasteiger partial charge in [0.05, 0.1) is 11.9 Å². The third kappa shape index (κ3) is 2.41. The fraction of sp³-hybridized carbons (Fsp3) is 0.889. The molecule has 1 aliphatic carbocycles. The minimum absolute atomic E-state index is 0.500. The maximum atomic E-state index is 5.71. The lowest BCUT2D eigenvalue weighted by Gasteiger charge is -2.13. The number of hydrogen-bond donors (Lipinski definition) is 1. The van der Waals surface area contributed by atoms with Gasteiger partial charge in [-0.25, -0.2) is 0 Å². The number of nitrogens with zero attached hydrogens (tertiary/aromatic N) is 1. The van der Waals surface area contributed by atoms with Crippen LogP contribution in [0.2, 0.25) is 0 Å². The molecule has 1 rings (SSSR count). The Hall–Kier alpha value is -0.180. The molecule has 0 aliphatic heterocycles. The number of amidine groups is 1. The van der Waals surface area contributed by atoms with E-state index in [1.54, 1.807) is 0 Å². The van der Waals surface area contributed by atoms with Gasteiger partial charge in [-0.2, -0.15) is 11.8 Å². The van der Waals surface area contributed by atoms with Crippen LogP contribution in [0.4, 0.5) is 0 Å². The predicted octanol–water partition coefficient (Wildman–Crippen LogP) is 2.04. The lowest BCUT2D eigenvalue weighted by molar-refractivity contribution is 0.715. The molecule has 1 aliphatic rings. The van der Waals surface area contributed by atoms with Gasteiger partial charge in [0.1, 0.15) is 0 Å². The molecule has 0 saturated heterocycles. The van der Waals surface area contributed by atoms with Crippen LogP contribution in [0.15, 0.2) is 4.99 Å². The lowest BCUT2D eigenvalue weighted by atomic mass is 10.2. The van der Waals surface area contributed by atoms with Crippen molar-refractivity contribution in [1.82, 2.24) is 0 Å². The van der Waals surface area contributed by atoms with Crippen LogP contribution in [0, 0.1) is 0 Å². The van der Waals surface area contributed by atoms with Crippen molar-refractivity contribution in [3.63, 3.8) is 0 Å². The van der Waals surface area contributed by atoms with Crippen LogP contribution in [-0.2, 0) is 0 Å². The van der Waals surface area contributed by atoms with Crippen LogP contribution in [0.1, 0.15) is 32.6 Å². The lowest BCUT2D eigenvalue weighted by Crippen LogP contribution is -2.20. The summed E-state index contributed by atoms with van der Waals surface area (Å²) in [5, 5.41) is 0.718. The van der Waals surface area contributed by atoms with Gasteiger partial charge >= 0.3 is 0 Å². The highest BCUT2D eigenvalue weighted by Crippen LogP contribution is 2.30. The number of thioether (sulfide) groups is 1. The first-order chi connectivity index (χ1) is 5.77. The molecule has 0 heterocycles. The molecule has 2 unspecified atom stereocenters. The SMILES string of the molecule is CCC(N)=NC1CCCC1SC. The van der Waals surface area contributed by atoms with Gasteiger partial charge in [-0.1, -0.05) is 13.3 Å². The molecular weight excluding hydrogens is 168 g/mol. The summed E-state index contributed by atoms with van der Waals surface area (Å²) in [7, 11) is 0. The van der Waals surface area contributed by atoms with E-state index >= 15 is 0 Å². The van der Waals surface area contributed by atoms with Gasteiger partial charge in [0, 0.05) is 11.7 Å². The molecule has 0 bridgehead atoms. The number of hydrogen-bond acceptors (Lipinski definition) is 2. The molecule has 0 aromatic rings. The van der Waals surface area contributed by atoms with E-state index < -0.39 is 0 Å². The maximum Gasteiger partial charge on any atom is 0.0938 e. The Morgan fingerprint density at radius 3 is 2.92 bits per heavy atom.